The molecule has 2 N–H and O–H groups in total. The van der Waals surface area contributed by atoms with E-state index in [2.05, 4.69) is 18.8 Å². The van der Waals surface area contributed by atoms with E-state index < -0.39 is 19.8 Å². The van der Waals surface area contributed by atoms with E-state index in [1.165, 1.54) is 0 Å². The van der Waals surface area contributed by atoms with Crippen LogP contribution in [0.15, 0.2) is 34.1 Å². The fourth-order valence-electron chi connectivity index (χ4n) is 1.73. The Morgan fingerprint density at radius 1 is 1.53 bits per heavy atom. The Morgan fingerprint density at radius 2 is 2.12 bits per heavy atom. The van der Waals surface area contributed by atoms with Gasteiger partial charge in [0.2, 0.25) is 0 Å². The molecule has 2 atom stereocenters. The van der Waals surface area contributed by atoms with E-state index in [-0.39, 0.29) is 0 Å². The zero-order chi connectivity index (χ0) is 13.3. The molecule has 0 aliphatic heterocycles. The van der Waals surface area contributed by atoms with Crippen molar-refractivity contribution >= 4 is 13.5 Å². The minimum absolute atomic E-state index is 0.792. The lowest BCUT2D eigenvalue weighted by Crippen LogP contribution is -2.43. The first kappa shape index (κ1) is 14.2. The van der Waals surface area contributed by atoms with Crippen molar-refractivity contribution in [2.24, 2.45) is 0 Å². The minimum atomic E-state index is -1.85. The summed E-state index contributed by atoms with van der Waals surface area (Å²) in [5.74, 6) is 0. The summed E-state index contributed by atoms with van der Waals surface area (Å²) in [5.41, 5.74) is 1.68. The van der Waals surface area contributed by atoms with Crippen molar-refractivity contribution in [3.63, 3.8) is 0 Å². The van der Waals surface area contributed by atoms with Gasteiger partial charge in [-0.3, -0.25) is 0 Å². The van der Waals surface area contributed by atoms with Crippen molar-refractivity contribution in [2.45, 2.75) is 45.6 Å². The molecule has 0 amide bonds. The van der Waals surface area contributed by atoms with Gasteiger partial charge in [0.15, 0.2) is 0 Å². The third-order valence-electron chi connectivity index (χ3n) is 3.35. The Bertz CT molecular complexity index is 389. The van der Waals surface area contributed by atoms with Crippen LogP contribution in [0.3, 0.4) is 0 Å². The molecule has 0 aromatic carbocycles. The Morgan fingerprint density at radius 3 is 2.53 bits per heavy atom. The van der Waals surface area contributed by atoms with Crippen molar-refractivity contribution in [2.75, 3.05) is 0 Å². The van der Waals surface area contributed by atoms with Gasteiger partial charge in [0.25, 0.3) is 0 Å². The predicted octanol–water partition coefficient (Wildman–Crippen LogP) is 1.81. The van der Waals surface area contributed by atoms with E-state index in [0.717, 1.165) is 11.0 Å². The summed E-state index contributed by atoms with van der Waals surface area (Å²) in [6.45, 7) is 9.38. The predicted molar refractivity (Wildman–Crippen MR) is 71.9 cm³/mol. The van der Waals surface area contributed by atoms with Crippen molar-refractivity contribution in [3.05, 3.63) is 29.7 Å². The summed E-state index contributed by atoms with van der Waals surface area (Å²) < 4.78 is 5.45. The number of aliphatic hydroxyl groups excluding tert-OH is 1. The highest BCUT2D eigenvalue weighted by Crippen LogP contribution is 2.22. The molecule has 0 fully saturated rings. The Balaban J connectivity index is 3.03. The first-order chi connectivity index (χ1) is 7.68. The van der Waals surface area contributed by atoms with Crippen LogP contribution in [-0.2, 0) is 0 Å². The maximum Gasteiger partial charge on any atom is 0.149 e. The van der Waals surface area contributed by atoms with Gasteiger partial charge in [0.05, 0.1) is 17.8 Å². The van der Waals surface area contributed by atoms with Crippen LogP contribution in [-0.4, -0.2) is 30.0 Å². The Labute approximate surface area is 104 Å². The molecule has 1 aromatic heterocycles. The average Bonchev–Trinajstić information content (AvgIpc) is 2.69. The molecule has 0 saturated heterocycles. The number of aliphatic hydroxyl groups is 2. The van der Waals surface area contributed by atoms with E-state index in [9.17, 15) is 10.2 Å². The van der Waals surface area contributed by atoms with Crippen LogP contribution in [0.4, 0.5) is 0 Å². The van der Waals surface area contributed by atoms with Crippen molar-refractivity contribution in [1.82, 2.24) is 0 Å². The summed E-state index contributed by atoms with van der Waals surface area (Å²) in [6, 6.07) is 3.84. The van der Waals surface area contributed by atoms with Crippen LogP contribution in [0.2, 0.25) is 13.1 Å². The molecule has 1 heterocycles. The van der Waals surface area contributed by atoms with Gasteiger partial charge in [-0.1, -0.05) is 18.8 Å². The third kappa shape index (κ3) is 3.09. The molecule has 0 aliphatic carbocycles. The molecule has 17 heavy (non-hydrogen) atoms. The van der Waals surface area contributed by atoms with E-state index >= 15 is 0 Å². The van der Waals surface area contributed by atoms with Crippen LogP contribution in [0.25, 0.3) is 0 Å². The molecular formula is C13H22O3Si. The van der Waals surface area contributed by atoms with Gasteiger partial charge in [0, 0.05) is 0 Å². The lowest BCUT2D eigenvalue weighted by Gasteiger charge is -2.29. The molecule has 1 unspecified atom stereocenters. The summed E-state index contributed by atoms with van der Waals surface area (Å²) >= 11 is 0. The van der Waals surface area contributed by atoms with Crippen LogP contribution < -0.4 is 5.38 Å². The Kier molecular flexibility index (Phi) is 4.01. The zero-order valence-corrected chi connectivity index (χ0v) is 12.2. The van der Waals surface area contributed by atoms with Crippen molar-refractivity contribution in [1.29, 1.82) is 0 Å². The van der Waals surface area contributed by atoms with Gasteiger partial charge in [-0.2, -0.15) is 0 Å². The molecule has 0 aliphatic rings. The molecular weight excluding hydrogens is 232 g/mol. The normalized spacial score (nSPS) is 18.9. The molecule has 1 aromatic rings. The lowest BCUT2D eigenvalue weighted by molar-refractivity contribution is -0.0237. The largest absolute Gasteiger partial charge is 0.474 e. The van der Waals surface area contributed by atoms with Gasteiger partial charge >= 0.3 is 0 Å². The second-order valence-corrected chi connectivity index (χ2v) is 9.57. The summed E-state index contributed by atoms with van der Waals surface area (Å²) in [5, 5.41) is 20.7. The highest BCUT2D eigenvalue weighted by molar-refractivity contribution is 6.93. The number of furan rings is 1. The van der Waals surface area contributed by atoms with Crippen LogP contribution >= 0.6 is 0 Å². The topological polar surface area (TPSA) is 53.6 Å². The SMILES string of the molecule is C/C(=C\[Si](C)(C)c1ccco1)C(C)(O)[C@H](C)O. The lowest BCUT2D eigenvalue weighted by atomic mass is 9.93. The maximum absolute atomic E-state index is 10.2. The third-order valence-corrected chi connectivity index (χ3v) is 6.05. The molecule has 0 radical (unpaired) electrons. The van der Waals surface area contributed by atoms with Crippen molar-refractivity contribution < 1.29 is 14.6 Å². The second kappa shape index (κ2) is 4.80. The van der Waals surface area contributed by atoms with Crippen molar-refractivity contribution in [3.8, 4) is 0 Å². The zero-order valence-electron chi connectivity index (χ0n) is 11.2. The monoisotopic (exact) mass is 254 g/mol. The highest BCUT2D eigenvalue weighted by Gasteiger charge is 2.32. The van der Waals surface area contributed by atoms with Gasteiger partial charge in [-0.05, 0) is 38.5 Å². The second-order valence-electron chi connectivity index (χ2n) is 5.35. The molecule has 4 heteroatoms. The first-order valence-electron chi connectivity index (χ1n) is 5.82. The number of rotatable bonds is 4. The molecule has 0 saturated carbocycles. The standard InChI is InChI=1S/C13H22O3Si/c1-10(13(3,15)11(2)14)9-17(4,5)12-7-6-8-16-12/h6-9,11,14-15H,1-5H3/b10-9+/t11-,13?/m0/s1. The summed E-state index contributed by atoms with van der Waals surface area (Å²) in [7, 11) is -1.85. The maximum atomic E-state index is 10.2. The molecule has 0 bridgehead atoms. The molecule has 3 nitrogen and oxygen atoms in total. The molecule has 0 spiro atoms. The average molecular weight is 254 g/mol. The Hall–Kier alpha value is -0.843. The van der Waals surface area contributed by atoms with Gasteiger partial charge in [-0.25, -0.2) is 0 Å². The van der Waals surface area contributed by atoms with Crippen LogP contribution in [0.5, 0.6) is 0 Å². The summed E-state index contributed by atoms with van der Waals surface area (Å²) in [6.07, 6.45) is 0.875. The fourth-order valence-corrected chi connectivity index (χ4v) is 4.15. The fraction of sp³-hybridized carbons (Fsp3) is 0.538. The van der Waals surface area contributed by atoms with E-state index in [0.29, 0.717) is 0 Å². The van der Waals surface area contributed by atoms with E-state index in [4.69, 9.17) is 4.42 Å². The number of hydrogen-bond donors (Lipinski definition) is 2. The highest BCUT2D eigenvalue weighted by atomic mass is 28.3. The van der Waals surface area contributed by atoms with Gasteiger partial charge in [-0.15, -0.1) is 0 Å². The minimum Gasteiger partial charge on any atom is -0.474 e. The molecule has 1 rings (SSSR count). The van der Waals surface area contributed by atoms with Crippen LogP contribution in [0.1, 0.15) is 20.8 Å². The first-order valence-corrected chi connectivity index (χ1v) is 8.90. The smallest absolute Gasteiger partial charge is 0.149 e. The molecule has 96 valence electrons. The van der Waals surface area contributed by atoms with E-state index in [1.54, 1.807) is 20.1 Å². The summed E-state index contributed by atoms with van der Waals surface area (Å²) in [4.78, 5) is 0. The quantitative estimate of drug-likeness (QED) is 0.806. The number of hydrogen-bond acceptors (Lipinski definition) is 3. The van der Waals surface area contributed by atoms with Gasteiger partial charge < -0.3 is 14.6 Å². The van der Waals surface area contributed by atoms with E-state index in [1.807, 2.05) is 19.1 Å². The van der Waals surface area contributed by atoms with Crippen LogP contribution in [0, 0.1) is 0 Å². The van der Waals surface area contributed by atoms with Gasteiger partial charge in [0.1, 0.15) is 13.7 Å².